The maximum atomic E-state index is 12.9. The summed E-state index contributed by atoms with van der Waals surface area (Å²) in [6.07, 6.45) is -2.60. The Hall–Kier alpha value is -3.49. The van der Waals surface area contributed by atoms with Gasteiger partial charge < -0.3 is 19.6 Å². The largest absolute Gasteiger partial charge is 0.496 e. The fourth-order valence-corrected chi connectivity index (χ4v) is 3.62. The molecule has 1 aromatic carbocycles. The van der Waals surface area contributed by atoms with Gasteiger partial charge in [-0.05, 0) is 50.1 Å². The third-order valence-corrected chi connectivity index (χ3v) is 5.27. The molecule has 2 heterocycles. The molecular formula is C23H24F3N3O3. The van der Waals surface area contributed by atoms with Gasteiger partial charge in [-0.3, -0.25) is 9.59 Å². The number of methoxy groups -OCH3 is 1. The number of halogens is 3. The van der Waals surface area contributed by atoms with Gasteiger partial charge in [-0.2, -0.15) is 13.2 Å². The normalized spacial score (nSPS) is 11.5. The van der Waals surface area contributed by atoms with Crippen molar-refractivity contribution in [1.82, 2.24) is 14.9 Å². The third-order valence-electron chi connectivity index (χ3n) is 5.27. The number of rotatable bonds is 6. The zero-order valence-corrected chi connectivity index (χ0v) is 18.2. The summed E-state index contributed by atoms with van der Waals surface area (Å²) in [5, 5.41) is 2.76. The van der Waals surface area contributed by atoms with E-state index >= 15 is 0 Å². The van der Waals surface area contributed by atoms with Crippen LogP contribution in [0.5, 0.6) is 5.75 Å². The van der Waals surface area contributed by atoms with Crippen LogP contribution in [-0.4, -0.2) is 22.6 Å². The fourth-order valence-electron chi connectivity index (χ4n) is 3.62. The highest BCUT2D eigenvalue weighted by atomic mass is 19.4. The molecule has 6 nitrogen and oxygen atoms in total. The number of carbonyl (C=O) groups excluding carboxylic acids is 1. The number of nitrogens with zero attached hydrogens (tertiary/aromatic N) is 1. The van der Waals surface area contributed by atoms with Crippen molar-refractivity contribution in [2.24, 2.45) is 0 Å². The standard InChI is InChI=1S/C23H24F3N3O3/c1-13-11-29(12-16-5-7-17(8-6-16)23(24,25)26)15(3)20(13)22(31)27-10-18-19(32-4)9-14(2)28-21(18)30/h5-9,11H,10,12H2,1-4H3,(H,27,31)(H,28,30). The Morgan fingerprint density at radius 3 is 2.41 bits per heavy atom. The summed E-state index contributed by atoms with van der Waals surface area (Å²) in [4.78, 5) is 27.8. The number of pyridine rings is 1. The van der Waals surface area contributed by atoms with Gasteiger partial charge in [0.25, 0.3) is 11.5 Å². The Balaban J connectivity index is 1.77. The molecule has 0 aliphatic carbocycles. The highest BCUT2D eigenvalue weighted by Crippen LogP contribution is 2.29. The lowest BCUT2D eigenvalue weighted by molar-refractivity contribution is -0.137. The number of aromatic amines is 1. The predicted octanol–water partition coefficient (Wildman–Crippen LogP) is 4.11. The van der Waals surface area contributed by atoms with Crippen LogP contribution in [-0.2, 0) is 19.3 Å². The van der Waals surface area contributed by atoms with Crippen LogP contribution in [0.25, 0.3) is 0 Å². The van der Waals surface area contributed by atoms with Crippen molar-refractivity contribution in [2.75, 3.05) is 7.11 Å². The predicted molar refractivity (Wildman–Crippen MR) is 114 cm³/mol. The van der Waals surface area contributed by atoms with E-state index in [-0.39, 0.29) is 18.0 Å². The number of nitrogens with one attached hydrogen (secondary N) is 2. The van der Waals surface area contributed by atoms with E-state index in [1.165, 1.54) is 19.2 Å². The number of benzene rings is 1. The monoisotopic (exact) mass is 447 g/mol. The summed E-state index contributed by atoms with van der Waals surface area (Å²) in [7, 11) is 1.45. The number of H-pyrrole nitrogens is 1. The van der Waals surface area contributed by atoms with Gasteiger partial charge in [0.2, 0.25) is 0 Å². The van der Waals surface area contributed by atoms with E-state index in [0.717, 1.165) is 17.7 Å². The number of amides is 1. The lowest BCUT2D eigenvalue weighted by Crippen LogP contribution is -2.28. The molecule has 0 fully saturated rings. The first-order valence-electron chi connectivity index (χ1n) is 9.88. The maximum absolute atomic E-state index is 12.9. The van der Waals surface area contributed by atoms with Gasteiger partial charge >= 0.3 is 6.18 Å². The molecule has 1 amide bonds. The highest BCUT2D eigenvalue weighted by molar-refractivity contribution is 5.96. The summed E-state index contributed by atoms with van der Waals surface area (Å²) >= 11 is 0. The zero-order chi connectivity index (χ0) is 23.6. The molecule has 0 radical (unpaired) electrons. The molecule has 0 unspecified atom stereocenters. The Morgan fingerprint density at radius 1 is 1.16 bits per heavy atom. The number of aryl methyl sites for hydroxylation is 2. The van der Waals surface area contributed by atoms with Gasteiger partial charge in [0.05, 0.1) is 30.3 Å². The molecule has 32 heavy (non-hydrogen) atoms. The van der Waals surface area contributed by atoms with Crippen LogP contribution in [0.1, 0.15) is 44.0 Å². The van der Waals surface area contributed by atoms with Gasteiger partial charge in [-0.25, -0.2) is 0 Å². The molecule has 3 aromatic rings. The van der Waals surface area contributed by atoms with Gasteiger partial charge in [-0.15, -0.1) is 0 Å². The van der Waals surface area contributed by atoms with Crippen molar-refractivity contribution in [2.45, 2.75) is 40.0 Å². The first kappa shape index (κ1) is 23.2. The molecule has 170 valence electrons. The number of hydrogen-bond donors (Lipinski definition) is 2. The van der Waals surface area contributed by atoms with Gasteiger partial charge in [0.15, 0.2) is 0 Å². The molecule has 2 N–H and O–H groups in total. The van der Waals surface area contributed by atoms with Crippen LogP contribution < -0.4 is 15.6 Å². The average molecular weight is 447 g/mol. The highest BCUT2D eigenvalue weighted by Gasteiger charge is 2.30. The summed E-state index contributed by atoms with van der Waals surface area (Å²) in [6, 6.07) is 6.61. The lowest BCUT2D eigenvalue weighted by atomic mass is 10.1. The fraction of sp³-hybridized carbons (Fsp3) is 0.304. The lowest BCUT2D eigenvalue weighted by Gasteiger charge is -2.11. The number of alkyl halides is 3. The number of carbonyl (C=O) groups is 1. The zero-order valence-electron chi connectivity index (χ0n) is 18.2. The van der Waals surface area contributed by atoms with E-state index < -0.39 is 11.7 Å². The van der Waals surface area contributed by atoms with Crippen LogP contribution in [0, 0.1) is 20.8 Å². The Bertz CT molecular complexity index is 1190. The van der Waals surface area contributed by atoms with Crippen LogP contribution in [0.4, 0.5) is 13.2 Å². The molecule has 0 spiro atoms. The molecule has 2 aromatic heterocycles. The van der Waals surface area contributed by atoms with Crippen molar-refractivity contribution < 1.29 is 22.7 Å². The van der Waals surface area contributed by atoms with Crippen LogP contribution in [0.3, 0.4) is 0 Å². The Labute approximate surface area is 183 Å². The molecule has 0 aliphatic heterocycles. The van der Waals surface area contributed by atoms with E-state index in [2.05, 4.69) is 10.3 Å². The maximum Gasteiger partial charge on any atom is 0.416 e. The SMILES string of the molecule is COc1cc(C)[nH]c(=O)c1CNC(=O)c1c(C)cn(Cc2ccc(C(F)(F)F)cc2)c1C. The molecule has 0 saturated carbocycles. The van der Waals surface area contributed by atoms with E-state index in [1.807, 2.05) is 4.57 Å². The minimum Gasteiger partial charge on any atom is -0.496 e. The van der Waals surface area contributed by atoms with E-state index in [1.54, 1.807) is 33.0 Å². The number of hydrogen-bond acceptors (Lipinski definition) is 3. The molecule has 0 aliphatic rings. The van der Waals surface area contributed by atoms with E-state index in [0.29, 0.717) is 40.4 Å². The Morgan fingerprint density at radius 2 is 1.81 bits per heavy atom. The van der Waals surface area contributed by atoms with Crippen LogP contribution in [0.15, 0.2) is 41.3 Å². The molecule has 0 saturated heterocycles. The molecule has 9 heteroatoms. The van der Waals surface area contributed by atoms with E-state index in [4.69, 9.17) is 4.74 Å². The van der Waals surface area contributed by atoms with Crippen molar-refractivity contribution in [1.29, 1.82) is 0 Å². The van der Waals surface area contributed by atoms with Crippen molar-refractivity contribution >= 4 is 5.91 Å². The quantitative estimate of drug-likeness (QED) is 0.597. The third kappa shape index (κ3) is 4.87. The minimum atomic E-state index is -4.38. The summed E-state index contributed by atoms with van der Waals surface area (Å²) < 4.78 is 45.4. The second kappa shape index (κ2) is 8.94. The molecule has 0 atom stereocenters. The van der Waals surface area contributed by atoms with Crippen LogP contribution in [0.2, 0.25) is 0 Å². The van der Waals surface area contributed by atoms with Crippen molar-refractivity contribution in [3.63, 3.8) is 0 Å². The van der Waals surface area contributed by atoms with Crippen molar-refractivity contribution in [3.8, 4) is 5.75 Å². The van der Waals surface area contributed by atoms with Crippen molar-refractivity contribution in [3.05, 3.63) is 86.1 Å². The second-order valence-electron chi connectivity index (χ2n) is 7.61. The number of ether oxygens (including phenoxy) is 1. The number of aromatic nitrogens is 2. The first-order chi connectivity index (χ1) is 15.0. The summed E-state index contributed by atoms with van der Waals surface area (Å²) in [5.74, 6) is 0.0352. The molecule has 3 rings (SSSR count). The summed E-state index contributed by atoms with van der Waals surface area (Å²) in [6.45, 7) is 5.60. The van der Waals surface area contributed by atoms with Gasteiger partial charge in [0, 0.05) is 24.1 Å². The Kier molecular flexibility index (Phi) is 6.47. The minimum absolute atomic E-state index is 0.0133. The average Bonchev–Trinajstić information content (AvgIpc) is 2.99. The van der Waals surface area contributed by atoms with E-state index in [9.17, 15) is 22.8 Å². The topological polar surface area (TPSA) is 76.1 Å². The molecular weight excluding hydrogens is 423 g/mol. The smallest absolute Gasteiger partial charge is 0.416 e. The first-order valence-corrected chi connectivity index (χ1v) is 9.88. The summed E-state index contributed by atoms with van der Waals surface area (Å²) in [5.41, 5.74) is 2.44. The van der Waals surface area contributed by atoms with Crippen LogP contribution >= 0.6 is 0 Å². The van der Waals surface area contributed by atoms with Gasteiger partial charge in [-0.1, -0.05) is 12.1 Å². The second-order valence-corrected chi connectivity index (χ2v) is 7.61. The van der Waals surface area contributed by atoms with Gasteiger partial charge in [0.1, 0.15) is 5.75 Å². The molecule has 0 bridgehead atoms.